The van der Waals surface area contributed by atoms with Crippen LogP contribution in [-0.2, 0) is 11.3 Å². The molecule has 4 rings (SSSR count). The zero-order chi connectivity index (χ0) is 15.6. The van der Waals surface area contributed by atoms with E-state index in [1.165, 1.54) is 0 Å². The number of nitrogens with one attached hydrogen (secondary N) is 1. The van der Waals surface area contributed by atoms with Crippen molar-refractivity contribution in [2.24, 2.45) is 5.92 Å². The Morgan fingerprint density at radius 1 is 1.22 bits per heavy atom. The van der Waals surface area contributed by atoms with Gasteiger partial charge in [0, 0.05) is 17.4 Å². The Kier molecular flexibility index (Phi) is 3.46. The molecule has 2 aromatic heterocycles. The van der Waals surface area contributed by atoms with E-state index < -0.39 is 0 Å². The van der Waals surface area contributed by atoms with Crippen LogP contribution in [0.25, 0.3) is 11.3 Å². The third-order valence-electron chi connectivity index (χ3n) is 4.06. The van der Waals surface area contributed by atoms with Crippen molar-refractivity contribution in [3.05, 3.63) is 66.6 Å². The lowest BCUT2D eigenvalue weighted by Gasteiger charge is -2.01. The number of aromatic nitrogens is 1. The van der Waals surface area contributed by atoms with E-state index >= 15 is 0 Å². The Bertz CT molecular complexity index is 793. The molecule has 5 heteroatoms. The van der Waals surface area contributed by atoms with E-state index in [0.717, 1.165) is 17.7 Å². The molecule has 1 aliphatic carbocycles. The number of rotatable bonds is 5. The zero-order valence-corrected chi connectivity index (χ0v) is 12.4. The molecule has 0 bridgehead atoms. The third kappa shape index (κ3) is 2.90. The van der Waals surface area contributed by atoms with Gasteiger partial charge in [0.2, 0.25) is 11.8 Å². The number of carbonyl (C=O) groups excluding carboxylic acids is 1. The van der Waals surface area contributed by atoms with Crippen LogP contribution >= 0.6 is 0 Å². The van der Waals surface area contributed by atoms with Gasteiger partial charge in [-0.05, 0) is 18.6 Å². The number of hydrogen-bond acceptors (Lipinski definition) is 4. The summed E-state index contributed by atoms with van der Waals surface area (Å²) in [5.74, 6) is 2.31. The predicted octanol–water partition coefficient (Wildman–Crippen LogP) is 3.35. The van der Waals surface area contributed by atoms with Gasteiger partial charge in [-0.1, -0.05) is 30.3 Å². The molecule has 116 valence electrons. The molecular weight excluding hydrogens is 292 g/mol. The molecule has 1 aromatic carbocycles. The van der Waals surface area contributed by atoms with Crippen LogP contribution in [0.3, 0.4) is 0 Å². The fourth-order valence-corrected chi connectivity index (χ4v) is 2.72. The van der Waals surface area contributed by atoms with Crippen molar-refractivity contribution in [2.45, 2.75) is 18.9 Å². The van der Waals surface area contributed by atoms with Gasteiger partial charge in [0.05, 0.1) is 19.0 Å². The minimum absolute atomic E-state index is 0.00953. The number of benzene rings is 1. The molecule has 5 nitrogen and oxygen atoms in total. The van der Waals surface area contributed by atoms with E-state index in [1.807, 2.05) is 42.5 Å². The zero-order valence-electron chi connectivity index (χ0n) is 12.4. The van der Waals surface area contributed by atoms with Gasteiger partial charge in [-0.15, -0.1) is 0 Å². The highest BCUT2D eigenvalue weighted by Crippen LogP contribution is 2.47. The van der Waals surface area contributed by atoms with Crippen LogP contribution in [-0.4, -0.2) is 10.9 Å². The molecule has 0 radical (unpaired) electrons. The molecule has 0 saturated heterocycles. The molecule has 1 amide bonds. The van der Waals surface area contributed by atoms with Crippen LogP contribution in [0.5, 0.6) is 0 Å². The molecule has 23 heavy (non-hydrogen) atoms. The molecule has 1 aliphatic rings. The second-order valence-corrected chi connectivity index (χ2v) is 5.67. The molecule has 1 saturated carbocycles. The molecule has 0 aliphatic heterocycles. The van der Waals surface area contributed by atoms with Crippen molar-refractivity contribution in [1.29, 1.82) is 0 Å². The molecule has 2 atom stereocenters. The lowest BCUT2D eigenvalue weighted by molar-refractivity contribution is -0.122. The van der Waals surface area contributed by atoms with E-state index in [2.05, 4.69) is 10.3 Å². The minimum Gasteiger partial charge on any atom is -0.469 e. The monoisotopic (exact) mass is 308 g/mol. The van der Waals surface area contributed by atoms with Gasteiger partial charge in [-0.2, -0.15) is 0 Å². The summed E-state index contributed by atoms with van der Waals surface area (Å²) in [5, 5.41) is 2.88. The summed E-state index contributed by atoms with van der Waals surface area (Å²) in [6.07, 6.45) is 4.15. The summed E-state index contributed by atoms with van der Waals surface area (Å²) >= 11 is 0. The highest BCUT2D eigenvalue weighted by atomic mass is 16.4. The standard InChI is InChI=1S/C18H16N2O3/c21-18(14-9-13(14)15-7-4-8-22-15)20-11-17-19-10-16(23-17)12-5-2-1-3-6-12/h1-8,10,13-14H,9,11H2,(H,20,21)/t13-,14-/m0/s1. The van der Waals surface area contributed by atoms with Gasteiger partial charge in [-0.3, -0.25) is 4.79 Å². The van der Waals surface area contributed by atoms with Gasteiger partial charge < -0.3 is 14.2 Å². The first kappa shape index (κ1) is 13.8. The number of amides is 1. The second-order valence-electron chi connectivity index (χ2n) is 5.67. The van der Waals surface area contributed by atoms with Crippen LogP contribution in [0.2, 0.25) is 0 Å². The predicted molar refractivity (Wildman–Crippen MR) is 83.3 cm³/mol. The summed E-state index contributed by atoms with van der Waals surface area (Å²) < 4.78 is 11.0. The summed E-state index contributed by atoms with van der Waals surface area (Å²) in [6, 6.07) is 13.5. The van der Waals surface area contributed by atoms with E-state index in [0.29, 0.717) is 18.2 Å². The smallest absolute Gasteiger partial charge is 0.224 e. The molecule has 2 heterocycles. The molecule has 1 fully saturated rings. The fourth-order valence-electron chi connectivity index (χ4n) is 2.72. The number of hydrogen-bond donors (Lipinski definition) is 1. The second kappa shape index (κ2) is 5.76. The van der Waals surface area contributed by atoms with Gasteiger partial charge in [0.25, 0.3) is 0 Å². The molecule has 1 N–H and O–H groups in total. The Hall–Kier alpha value is -2.82. The Labute approximate surface area is 133 Å². The van der Waals surface area contributed by atoms with Crippen molar-refractivity contribution < 1.29 is 13.6 Å². The number of oxazole rings is 1. The van der Waals surface area contributed by atoms with Crippen molar-refractivity contribution in [2.75, 3.05) is 0 Å². The maximum Gasteiger partial charge on any atom is 0.224 e. The molecular formula is C18H16N2O3. The Morgan fingerprint density at radius 3 is 2.87 bits per heavy atom. The van der Waals surface area contributed by atoms with Gasteiger partial charge in [-0.25, -0.2) is 4.98 Å². The molecule has 3 aromatic rings. The first-order chi connectivity index (χ1) is 11.3. The van der Waals surface area contributed by atoms with Gasteiger partial charge in [0.15, 0.2) is 5.76 Å². The number of furan rings is 1. The van der Waals surface area contributed by atoms with Crippen LogP contribution in [0.4, 0.5) is 0 Å². The SMILES string of the molecule is O=C(NCc1ncc(-c2ccccc2)o1)[C@H]1C[C@@H]1c1ccco1. The van der Waals surface area contributed by atoms with E-state index in [-0.39, 0.29) is 17.7 Å². The third-order valence-corrected chi connectivity index (χ3v) is 4.06. The van der Waals surface area contributed by atoms with Crippen molar-refractivity contribution >= 4 is 5.91 Å². The van der Waals surface area contributed by atoms with E-state index in [1.54, 1.807) is 12.5 Å². The first-order valence-corrected chi connectivity index (χ1v) is 7.62. The Balaban J connectivity index is 1.33. The maximum absolute atomic E-state index is 12.1. The van der Waals surface area contributed by atoms with Gasteiger partial charge in [0.1, 0.15) is 5.76 Å². The van der Waals surface area contributed by atoms with Crippen molar-refractivity contribution in [3.8, 4) is 11.3 Å². The summed E-state index contributed by atoms with van der Waals surface area (Å²) in [6.45, 7) is 0.299. The summed E-state index contributed by atoms with van der Waals surface area (Å²) in [4.78, 5) is 16.4. The minimum atomic E-state index is -0.00953. The number of nitrogens with zero attached hydrogens (tertiary/aromatic N) is 1. The normalized spacial score (nSPS) is 19.5. The highest BCUT2D eigenvalue weighted by molar-refractivity contribution is 5.82. The summed E-state index contributed by atoms with van der Waals surface area (Å²) in [7, 11) is 0. The average Bonchev–Trinajstić information content (AvgIpc) is 3.02. The lowest BCUT2D eigenvalue weighted by atomic mass is 10.2. The fraction of sp³-hybridized carbons (Fsp3) is 0.222. The summed E-state index contributed by atoms with van der Waals surface area (Å²) in [5.41, 5.74) is 0.970. The Morgan fingerprint density at radius 2 is 2.09 bits per heavy atom. The van der Waals surface area contributed by atoms with Crippen molar-refractivity contribution in [3.63, 3.8) is 0 Å². The van der Waals surface area contributed by atoms with Crippen LogP contribution < -0.4 is 5.32 Å². The largest absolute Gasteiger partial charge is 0.469 e. The first-order valence-electron chi connectivity index (χ1n) is 7.62. The van der Waals surface area contributed by atoms with Crippen LogP contribution in [0.15, 0.2) is 63.8 Å². The average molecular weight is 308 g/mol. The molecule has 0 spiro atoms. The molecule has 0 unspecified atom stereocenters. The topological polar surface area (TPSA) is 68.3 Å². The maximum atomic E-state index is 12.1. The van der Waals surface area contributed by atoms with Crippen LogP contribution in [0, 0.1) is 5.92 Å². The van der Waals surface area contributed by atoms with E-state index in [4.69, 9.17) is 8.83 Å². The van der Waals surface area contributed by atoms with Crippen molar-refractivity contribution in [1.82, 2.24) is 10.3 Å². The lowest BCUT2D eigenvalue weighted by Crippen LogP contribution is -2.24. The number of carbonyl (C=O) groups is 1. The van der Waals surface area contributed by atoms with Gasteiger partial charge >= 0.3 is 0 Å². The van der Waals surface area contributed by atoms with E-state index in [9.17, 15) is 4.79 Å². The van der Waals surface area contributed by atoms with Crippen LogP contribution in [0.1, 0.15) is 24.0 Å². The quantitative estimate of drug-likeness (QED) is 0.785. The highest BCUT2D eigenvalue weighted by Gasteiger charge is 2.45.